The van der Waals surface area contributed by atoms with E-state index in [-0.39, 0.29) is 5.69 Å². The molecular formula is C12H15BrN2O4. The number of nitrogens with zero attached hydrogens (tertiary/aromatic N) is 1. The van der Waals surface area contributed by atoms with Gasteiger partial charge in [0.05, 0.1) is 12.8 Å². The van der Waals surface area contributed by atoms with Crippen molar-refractivity contribution in [2.24, 2.45) is 0 Å². The first kappa shape index (κ1) is 15.4. The van der Waals surface area contributed by atoms with Crippen molar-refractivity contribution in [3.8, 4) is 0 Å². The van der Waals surface area contributed by atoms with Crippen molar-refractivity contribution in [2.45, 2.75) is 26.4 Å². The second-order valence-corrected chi connectivity index (χ2v) is 5.40. The number of rotatable bonds is 2. The van der Waals surface area contributed by atoms with Crippen molar-refractivity contribution in [1.82, 2.24) is 4.98 Å². The highest BCUT2D eigenvalue weighted by molar-refractivity contribution is 9.10. The highest BCUT2D eigenvalue weighted by Crippen LogP contribution is 2.21. The van der Waals surface area contributed by atoms with Gasteiger partial charge < -0.3 is 9.47 Å². The Bertz CT molecular complexity index is 497. The quantitative estimate of drug-likeness (QED) is 0.666. The molecule has 1 aromatic rings. The van der Waals surface area contributed by atoms with Gasteiger partial charge in [0.1, 0.15) is 15.9 Å². The zero-order valence-electron chi connectivity index (χ0n) is 11.1. The van der Waals surface area contributed by atoms with Gasteiger partial charge >= 0.3 is 12.1 Å². The molecule has 7 heteroatoms. The molecule has 0 aromatic carbocycles. The third-order valence-electron chi connectivity index (χ3n) is 1.88. The van der Waals surface area contributed by atoms with E-state index >= 15 is 0 Å². The molecular weight excluding hydrogens is 316 g/mol. The molecule has 0 aliphatic rings. The number of anilines is 1. The lowest BCUT2D eigenvalue weighted by molar-refractivity contribution is 0.0592. The highest BCUT2D eigenvalue weighted by atomic mass is 79.9. The first-order chi connectivity index (χ1) is 8.73. The lowest BCUT2D eigenvalue weighted by Gasteiger charge is -2.19. The van der Waals surface area contributed by atoms with Crippen LogP contribution in [0, 0.1) is 0 Å². The Hall–Kier alpha value is -1.63. The monoisotopic (exact) mass is 330 g/mol. The summed E-state index contributed by atoms with van der Waals surface area (Å²) >= 11 is 3.16. The number of carbonyl (C=O) groups is 2. The molecule has 0 unspecified atom stereocenters. The molecule has 0 aliphatic heterocycles. The molecule has 1 amide bonds. The number of ether oxygens (including phenoxy) is 2. The van der Waals surface area contributed by atoms with E-state index in [9.17, 15) is 9.59 Å². The normalized spacial score (nSPS) is 10.8. The van der Waals surface area contributed by atoms with Crippen LogP contribution >= 0.6 is 15.9 Å². The molecule has 0 radical (unpaired) electrons. The van der Waals surface area contributed by atoms with E-state index in [1.807, 2.05) is 0 Å². The van der Waals surface area contributed by atoms with E-state index in [1.165, 1.54) is 19.2 Å². The molecule has 0 fully saturated rings. The van der Waals surface area contributed by atoms with Crippen LogP contribution in [0.15, 0.2) is 16.7 Å². The van der Waals surface area contributed by atoms with Crippen LogP contribution in [-0.4, -0.2) is 29.8 Å². The molecule has 19 heavy (non-hydrogen) atoms. The highest BCUT2D eigenvalue weighted by Gasteiger charge is 2.18. The number of hydrogen-bond donors (Lipinski definition) is 1. The molecule has 0 saturated carbocycles. The second-order valence-electron chi connectivity index (χ2n) is 4.65. The van der Waals surface area contributed by atoms with Crippen LogP contribution in [0.25, 0.3) is 0 Å². The largest absolute Gasteiger partial charge is 0.464 e. The van der Waals surface area contributed by atoms with Gasteiger partial charge in [0.15, 0.2) is 0 Å². The van der Waals surface area contributed by atoms with Crippen LogP contribution in [0.1, 0.15) is 31.3 Å². The minimum atomic E-state index is -0.596. The summed E-state index contributed by atoms with van der Waals surface area (Å²) in [5.74, 6) is -0.551. The molecule has 0 saturated heterocycles. The van der Waals surface area contributed by atoms with Gasteiger partial charge in [0.2, 0.25) is 0 Å². The van der Waals surface area contributed by atoms with Crippen molar-refractivity contribution in [3.63, 3.8) is 0 Å². The number of methoxy groups -OCH3 is 1. The first-order valence-electron chi connectivity index (χ1n) is 5.48. The summed E-state index contributed by atoms with van der Waals surface area (Å²) in [6, 6.07) is 2.98. The van der Waals surface area contributed by atoms with Gasteiger partial charge in [-0.25, -0.2) is 14.6 Å². The fraction of sp³-hybridized carbons (Fsp3) is 0.417. The Kier molecular flexibility index (Phi) is 4.88. The molecule has 0 atom stereocenters. The number of carbonyl (C=O) groups excluding carboxylic acids is 2. The topological polar surface area (TPSA) is 77.5 Å². The summed E-state index contributed by atoms with van der Waals surface area (Å²) < 4.78 is 9.97. The van der Waals surface area contributed by atoms with E-state index in [0.29, 0.717) is 10.3 Å². The molecule has 1 N–H and O–H groups in total. The maximum absolute atomic E-state index is 11.6. The average molecular weight is 331 g/mol. The van der Waals surface area contributed by atoms with E-state index in [1.54, 1.807) is 20.8 Å². The number of hydrogen-bond acceptors (Lipinski definition) is 5. The predicted molar refractivity (Wildman–Crippen MR) is 73.1 cm³/mol. The van der Waals surface area contributed by atoms with Gasteiger partial charge in [-0.05, 0) is 48.8 Å². The summed E-state index contributed by atoms with van der Waals surface area (Å²) in [4.78, 5) is 26.8. The standard InChI is InChI=1S/C12H15BrN2O4/c1-12(2,3)19-11(17)15-7-5-6-8(10(16)18-4)14-9(7)13/h5-6H,1-4H3,(H,15,17). The summed E-state index contributed by atoms with van der Waals surface area (Å²) in [7, 11) is 1.27. The lowest BCUT2D eigenvalue weighted by Crippen LogP contribution is -2.27. The Morgan fingerprint density at radius 3 is 2.42 bits per heavy atom. The van der Waals surface area contributed by atoms with Gasteiger partial charge in [0.25, 0.3) is 0 Å². The number of aromatic nitrogens is 1. The number of esters is 1. The zero-order valence-corrected chi connectivity index (χ0v) is 12.7. The van der Waals surface area contributed by atoms with E-state index in [4.69, 9.17) is 4.74 Å². The lowest BCUT2D eigenvalue weighted by atomic mass is 10.2. The minimum absolute atomic E-state index is 0.143. The molecule has 1 rings (SSSR count). The molecule has 104 valence electrons. The third-order valence-corrected chi connectivity index (χ3v) is 2.48. The Balaban J connectivity index is 2.81. The van der Waals surface area contributed by atoms with Crippen LogP contribution < -0.4 is 5.32 Å². The van der Waals surface area contributed by atoms with Gasteiger partial charge in [-0.2, -0.15) is 0 Å². The molecule has 0 bridgehead atoms. The van der Waals surface area contributed by atoms with Crippen LogP contribution in [-0.2, 0) is 9.47 Å². The van der Waals surface area contributed by atoms with Crippen LogP contribution in [0.2, 0.25) is 0 Å². The number of nitrogens with one attached hydrogen (secondary N) is 1. The maximum Gasteiger partial charge on any atom is 0.412 e. The van der Waals surface area contributed by atoms with Crippen molar-refractivity contribution in [2.75, 3.05) is 12.4 Å². The second kappa shape index (κ2) is 6.01. The molecule has 1 heterocycles. The molecule has 0 spiro atoms. The molecule has 0 aliphatic carbocycles. The average Bonchev–Trinajstić information content (AvgIpc) is 2.28. The summed E-state index contributed by atoms with van der Waals surface area (Å²) in [6.07, 6.45) is -0.596. The van der Waals surface area contributed by atoms with Gasteiger partial charge in [-0.15, -0.1) is 0 Å². The van der Waals surface area contributed by atoms with Crippen LogP contribution in [0.4, 0.5) is 10.5 Å². The van der Waals surface area contributed by atoms with Crippen molar-refractivity contribution in [3.05, 3.63) is 22.4 Å². The van der Waals surface area contributed by atoms with Gasteiger partial charge in [-0.3, -0.25) is 5.32 Å². The van der Waals surface area contributed by atoms with Crippen LogP contribution in [0.3, 0.4) is 0 Å². The van der Waals surface area contributed by atoms with Crippen molar-refractivity contribution < 1.29 is 19.1 Å². The minimum Gasteiger partial charge on any atom is -0.464 e. The fourth-order valence-electron chi connectivity index (χ4n) is 1.16. The van der Waals surface area contributed by atoms with Gasteiger partial charge in [0, 0.05) is 0 Å². The zero-order chi connectivity index (χ0) is 14.6. The number of amides is 1. The van der Waals surface area contributed by atoms with E-state index < -0.39 is 17.7 Å². The number of pyridine rings is 1. The maximum atomic E-state index is 11.6. The SMILES string of the molecule is COC(=O)c1ccc(NC(=O)OC(C)(C)C)c(Br)n1. The van der Waals surface area contributed by atoms with Crippen molar-refractivity contribution in [1.29, 1.82) is 0 Å². The van der Waals surface area contributed by atoms with Gasteiger partial charge in [-0.1, -0.05) is 0 Å². The first-order valence-corrected chi connectivity index (χ1v) is 6.27. The van der Waals surface area contributed by atoms with Crippen LogP contribution in [0.5, 0.6) is 0 Å². The predicted octanol–water partition coefficient (Wildman–Crippen LogP) is 2.98. The van der Waals surface area contributed by atoms with E-state index in [0.717, 1.165) is 0 Å². The molecule has 1 aromatic heterocycles. The Labute approximate surface area is 119 Å². The summed E-state index contributed by atoms with van der Waals surface area (Å²) in [5, 5.41) is 2.53. The summed E-state index contributed by atoms with van der Waals surface area (Å²) in [5.41, 5.74) is -0.0401. The number of halogens is 1. The Morgan fingerprint density at radius 2 is 1.95 bits per heavy atom. The smallest absolute Gasteiger partial charge is 0.412 e. The summed E-state index contributed by atoms with van der Waals surface area (Å²) in [6.45, 7) is 5.29. The Morgan fingerprint density at radius 1 is 1.32 bits per heavy atom. The molecule has 6 nitrogen and oxygen atoms in total. The third kappa shape index (κ3) is 4.86. The fourth-order valence-corrected chi connectivity index (χ4v) is 1.58. The van der Waals surface area contributed by atoms with Crippen molar-refractivity contribution >= 4 is 33.7 Å². The van der Waals surface area contributed by atoms with E-state index in [2.05, 4.69) is 31.0 Å².